The molecule has 106 valence electrons. The van der Waals surface area contributed by atoms with Gasteiger partial charge < -0.3 is 15.6 Å². The summed E-state index contributed by atoms with van der Waals surface area (Å²) in [5.41, 5.74) is 8.28. The first kappa shape index (κ1) is 14.4. The van der Waals surface area contributed by atoms with Crippen molar-refractivity contribution in [3.63, 3.8) is 0 Å². The van der Waals surface area contributed by atoms with E-state index in [-0.39, 0.29) is 12.1 Å². The molecule has 1 aromatic rings. The van der Waals surface area contributed by atoms with Crippen LogP contribution < -0.4 is 10.5 Å². The fraction of sp³-hybridized carbons (Fsp3) is 0.625. The van der Waals surface area contributed by atoms with Crippen LogP contribution in [0.1, 0.15) is 36.8 Å². The van der Waals surface area contributed by atoms with Gasteiger partial charge in [0.25, 0.3) is 0 Å². The van der Waals surface area contributed by atoms with Gasteiger partial charge in [0.05, 0.1) is 13.2 Å². The number of nitrogens with two attached hydrogens (primary N) is 1. The zero-order valence-corrected chi connectivity index (χ0v) is 12.0. The van der Waals surface area contributed by atoms with Gasteiger partial charge in [0, 0.05) is 5.54 Å². The SMILES string of the molecule is Cc1cc(C)cc(OCCC2CCCC2(N)CO)c1. The predicted octanol–water partition coefficient (Wildman–Crippen LogP) is 2.56. The molecule has 19 heavy (non-hydrogen) atoms. The van der Waals surface area contributed by atoms with E-state index in [9.17, 15) is 5.11 Å². The molecule has 2 unspecified atom stereocenters. The molecule has 0 bridgehead atoms. The third-order valence-corrected chi connectivity index (χ3v) is 4.23. The highest BCUT2D eigenvalue weighted by Gasteiger charge is 2.38. The van der Waals surface area contributed by atoms with Crippen molar-refractivity contribution in [2.75, 3.05) is 13.2 Å². The molecule has 2 atom stereocenters. The number of hydrogen-bond acceptors (Lipinski definition) is 3. The lowest BCUT2D eigenvalue weighted by Crippen LogP contribution is -2.47. The minimum absolute atomic E-state index is 0.0845. The topological polar surface area (TPSA) is 55.5 Å². The van der Waals surface area contributed by atoms with Crippen LogP contribution in [0.4, 0.5) is 0 Å². The molecule has 0 aromatic heterocycles. The average molecular weight is 263 g/mol. The van der Waals surface area contributed by atoms with Crippen molar-refractivity contribution in [1.29, 1.82) is 0 Å². The molecule has 3 nitrogen and oxygen atoms in total. The Bertz CT molecular complexity index is 413. The Morgan fingerprint density at radius 2 is 2.00 bits per heavy atom. The Morgan fingerprint density at radius 1 is 1.32 bits per heavy atom. The fourth-order valence-electron chi connectivity index (χ4n) is 3.14. The highest BCUT2D eigenvalue weighted by molar-refractivity contribution is 5.32. The van der Waals surface area contributed by atoms with Crippen molar-refractivity contribution in [2.24, 2.45) is 11.7 Å². The first-order chi connectivity index (χ1) is 9.03. The van der Waals surface area contributed by atoms with Gasteiger partial charge in [0.2, 0.25) is 0 Å². The molecule has 1 aliphatic rings. The number of hydrogen-bond donors (Lipinski definition) is 2. The van der Waals surface area contributed by atoms with Gasteiger partial charge in [-0.3, -0.25) is 0 Å². The first-order valence-corrected chi connectivity index (χ1v) is 7.14. The summed E-state index contributed by atoms with van der Waals surface area (Å²) in [5, 5.41) is 9.42. The highest BCUT2D eigenvalue weighted by atomic mass is 16.5. The third kappa shape index (κ3) is 3.48. The van der Waals surface area contributed by atoms with Crippen molar-refractivity contribution in [2.45, 2.75) is 45.1 Å². The van der Waals surface area contributed by atoms with Gasteiger partial charge in [-0.15, -0.1) is 0 Å². The van der Waals surface area contributed by atoms with Crippen LogP contribution in [-0.4, -0.2) is 23.9 Å². The molecule has 0 spiro atoms. The Kier molecular flexibility index (Phi) is 4.48. The average Bonchev–Trinajstić information content (AvgIpc) is 2.71. The molecular formula is C16H25NO2. The largest absolute Gasteiger partial charge is 0.494 e. The van der Waals surface area contributed by atoms with Gasteiger partial charge >= 0.3 is 0 Å². The Labute approximate surface area is 115 Å². The van der Waals surface area contributed by atoms with E-state index in [1.165, 1.54) is 11.1 Å². The number of aliphatic hydroxyl groups is 1. The first-order valence-electron chi connectivity index (χ1n) is 7.14. The maximum Gasteiger partial charge on any atom is 0.119 e. The van der Waals surface area contributed by atoms with Gasteiger partial charge in [-0.2, -0.15) is 0 Å². The molecule has 1 saturated carbocycles. The molecule has 2 rings (SSSR count). The van der Waals surface area contributed by atoms with Crippen molar-refractivity contribution in [3.8, 4) is 5.75 Å². The number of rotatable bonds is 5. The van der Waals surface area contributed by atoms with Crippen LogP contribution in [0.2, 0.25) is 0 Å². The standard InChI is InChI=1S/C16H25NO2/c1-12-8-13(2)10-15(9-12)19-7-5-14-4-3-6-16(14,17)11-18/h8-10,14,18H,3-7,11,17H2,1-2H3. The second-order valence-electron chi connectivity index (χ2n) is 5.94. The molecule has 0 saturated heterocycles. The molecule has 3 heteroatoms. The van der Waals surface area contributed by atoms with E-state index in [1.807, 2.05) is 0 Å². The second kappa shape index (κ2) is 5.93. The molecule has 1 aromatic carbocycles. The maximum atomic E-state index is 9.42. The maximum absolute atomic E-state index is 9.42. The van der Waals surface area contributed by atoms with Gasteiger partial charge in [0.1, 0.15) is 5.75 Å². The summed E-state index contributed by atoms with van der Waals surface area (Å²) in [4.78, 5) is 0. The van der Waals surface area contributed by atoms with Crippen molar-refractivity contribution >= 4 is 0 Å². The van der Waals surface area contributed by atoms with Gasteiger partial charge in [-0.25, -0.2) is 0 Å². The Hall–Kier alpha value is -1.06. The van der Waals surface area contributed by atoms with Crippen LogP contribution in [0, 0.1) is 19.8 Å². The summed E-state index contributed by atoms with van der Waals surface area (Å²) in [6.07, 6.45) is 4.07. The van der Waals surface area contributed by atoms with Gasteiger partial charge in [-0.1, -0.05) is 12.5 Å². The quantitative estimate of drug-likeness (QED) is 0.858. The molecule has 3 N–H and O–H groups in total. The normalized spacial score (nSPS) is 26.6. The summed E-state index contributed by atoms with van der Waals surface area (Å²) in [5.74, 6) is 1.31. The predicted molar refractivity (Wildman–Crippen MR) is 77.4 cm³/mol. The monoisotopic (exact) mass is 263 g/mol. The Balaban J connectivity index is 1.86. The minimum atomic E-state index is -0.383. The molecular weight excluding hydrogens is 238 g/mol. The van der Waals surface area contributed by atoms with Crippen molar-refractivity contribution in [3.05, 3.63) is 29.3 Å². The summed E-state index contributed by atoms with van der Waals surface area (Å²) >= 11 is 0. The smallest absolute Gasteiger partial charge is 0.119 e. The van der Waals surface area contributed by atoms with Gasteiger partial charge in [0.15, 0.2) is 0 Å². The number of aliphatic hydroxyl groups excluding tert-OH is 1. The number of ether oxygens (including phenoxy) is 1. The van der Waals surface area contributed by atoms with Crippen molar-refractivity contribution < 1.29 is 9.84 Å². The van der Waals surface area contributed by atoms with Crippen LogP contribution in [-0.2, 0) is 0 Å². The van der Waals surface area contributed by atoms with E-state index in [4.69, 9.17) is 10.5 Å². The molecule has 0 amide bonds. The number of aryl methyl sites for hydroxylation is 2. The molecule has 0 heterocycles. The fourth-order valence-corrected chi connectivity index (χ4v) is 3.14. The molecule has 0 aliphatic heterocycles. The van der Waals surface area contributed by atoms with E-state index in [0.29, 0.717) is 12.5 Å². The lowest BCUT2D eigenvalue weighted by molar-refractivity contribution is 0.143. The van der Waals surface area contributed by atoms with E-state index in [2.05, 4.69) is 32.0 Å². The van der Waals surface area contributed by atoms with Crippen LogP contribution in [0.15, 0.2) is 18.2 Å². The Morgan fingerprint density at radius 3 is 2.63 bits per heavy atom. The minimum Gasteiger partial charge on any atom is -0.494 e. The molecule has 1 fully saturated rings. The van der Waals surface area contributed by atoms with E-state index >= 15 is 0 Å². The second-order valence-corrected chi connectivity index (χ2v) is 5.94. The van der Waals surface area contributed by atoms with E-state index < -0.39 is 0 Å². The van der Waals surface area contributed by atoms with Crippen molar-refractivity contribution in [1.82, 2.24) is 0 Å². The van der Waals surface area contributed by atoms with Crippen LogP contribution in [0.5, 0.6) is 5.75 Å². The summed E-state index contributed by atoms with van der Waals surface area (Å²) < 4.78 is 5.83. The number of benzene rings is 1. The van der Waals surface area contributed by atoms with E-state index in [1.54, 1.807) is 0 Å². The zero-order valence-electron chi connectivity index (χ0n) is 12.0. The summed E-state index contributed by atoms with van der Waals surface area (Å²) in [6, 6.07) is 6.26. The lowest BCUT2D eigenvalue weighted by atomic mass is 9.87. The summed E-state index contributed by atoms with van der Waals surface area (Å²) in [6.45, 7) is 4.91. The van der Waals surface area contributed by atoms with Crippen LogP contribution >= 0.6 is 0 Å². The molecule has 1 aliphatic carbocycles. The van der Waals surface area contributed by atoms with Crippen LogP contribution in [0.25, 0.3) is 0 Å². The van der Waals surface area contributed by atoms with Gasteiger partial charge in [-0.05, 0) is 62.3 Å². The lowest BCUT2D eigenvalue weighted by Gasteiger charge is -2.29. The third-order valence-electron chi connectivity index (χ3n) is 4.23. The molecule has 0 radical (unpaired) electrons. The van der Waals surface area contributed by atoms with E-state index in [0.717, 1.165) is 31.4 Å². The summed E-state index contributed by atoms with van der Waals surface area (Å²) in [7, 11) is 0. The van der Waals surface area contributed by atoms with Crippen LogP contribution in [0.3, 0.4) is 0 Å². The highest BCUT2D eigenvalue weighted by Crippen LogP contribution is 2.35. The zero-order chi connectivity index (χ0) is 13.9.